The normalized spacial score (nSPS) is 38.4. The van der Waals surface area contributed by atoms with Crippen LogP contribution in [0, 0.1) is 17.8 Å². The zero-order valence-corrected chi connectivity index (χ0v) is 9.50. The Balaban J connectivity index is 2.15. The molecule has 0 heteroatoms. The van der Waals surface area contributed by atoms with E-state index in [1.54, 1.807) is 5.57 Å². The van der Waals surface area contributed by atoms with Crippen LogP contribution < -0.4 is 0 Å². The maximum Gasteiger partial charge on any atom is -0.0169 e. The molecule has 14 heavy (non-hydrogen) atoms. The molecule has 1 saturated carbocycles. The molecule has 0 spiro atoms. The van der Waals surface area contributed by atoms with E-state index in [-0.39, 0.29) is 0 Å². The fraction of sp³-hybridized carbons (Fsp3) is 0.714. The lowest BCUT2D eigenvalue weighted by Crippen LogP contribution is -2.15. The Kier molecular flexibility index (Phi) is 3.10. The highest BCUT2D eigenvalue weighted by Gasteiger charge is 2.32. The Labute approximate surface area is 88.1 Å². The molecule has 78 valence electrons. The Morgan fingerprint density at radius 1 is 1.29 bits per heavy atom. The van der Waals surface area contributed by atoms with Gasteiger partial charge >= 0.3 is 0 Å². The van der Waals surface area contributed by atoms with Crippen LogP contribution in [-0.4, -0.2) is 0 Å². The van der Waals surface area contributed by atoms with Gasteiger partial charge in [0.1, 0.15) is 0 Å². The van der Waals surface area contributed by atoms with Crippen LogP contribution >= 0.6 is 0 Å². The highest BCUT2D eigenvalue weighted by atomic mass is 14.4. The zero-order chi connectivity index (χ0) is 9.97. The van der Waals surface area contributed by atoms with Crippen molar-refractivity contribution < 1.29 is 0 Å². The summed E-state index contributed by atoms with van der Waals surface area (Å²) in [6.45, 7) is 4.78. The molecule has 0 aliphatic heterocycles. The quantitative estimate of drug-likeness (QED) is 0.577. The van der Waals surface area contributed by atoms with Gasteiger partial charge in [0.2, 0.25) is 0 Å². The third-order valence-corrected chi connectivity index (χ3v) is 3.95. The van der Waals surface area contributed by atoms with E-state index in [9.17, 15) is 0 Å². The molecule has 2 aliphatic rings. The summed E-state index contributed by atoms with van der Waals surface area (Å²) in [4.78, 5) is 0. The van der Waals surface area contributed by atoms with Crippen molar-refractivity contribution in [2.45, 2.75) is 46.0 Å². The summed E-state index contributed by atoms with van der Waals surface area (Å²) in [6.07, 6.45) is 13.9. The lowest BCUT2D eigenvalue weighted by Gasteiger charge is -2.24. The predicted molar refractivity (Wildman–Crippen MR) is 62.1 cm³/mol. The molecule has 0 aromatic rings. The second-order valence-electron chi connectivity index (χ2n) is 5.15. The van der Waals surface area contributed by atoms with Gasteiger partial charge < -0.3 is 0 Å². The van der Waals surface area contributed by atoms with Gasteiger partial charge in [-0.25, -0.2) is 0 Å². The molecule has 0 amide bonds. The molecule has 2 unspecified atom stereocenters. The first-order valence-electron chi connectivity index (χ1n) is 6.14. The fourth-order valence-corrected chi connectivity index (χ4v) is 3.14. The zero-order valence-electron chi connectivity index (χ0n) is 9.50. The molecular weight excluding hydrogens is 168 g/mol. The Morgan fingerprint density at radius 3 is 2.93 bits per heavy atom. The van der Waals surface area contributed by atoms with Gasteiger partial charge in [0.15, 0.2) is 0 Å². The van der Waals surface area contributed by atoms with Gasteiger partial charge in [-0.15, -0.1) is 0 Å². The number of allylic oxidation sites excluding steroid dienone is 4. The monoisotopic (exact) mass is 190 g/mol. The van der Waals surface area contributed by atoms with Crippen LogP contribution in [0.25, 0.3) is 0 Å². The van der Waals surface area contributed by atoms with Gasteiger partial charge in [-0.3, -0.25) is 0 Å². The van der Waals surface area contributed by atoms with Gasteiger partial charge in [0, 0.05) is 0 Å². The molecular formula is C14H22. The van der Waals surface area contributed by atoms with Gasteiger partial charge in [0.25, 0.3) is 0 Å². The van der Waals surface area contributed by atoms with Crippen LogP contribution in [0.4, 0.5) is 0 Å². The molecule has 0 N–H and O–H groups in total. The molecule has 1 fully saturated rings. The van der Waals surface area contributed by atoms with Gasteiger partial charge in [0.05, 0.1) is 0 Å². The molecule has 0 aromatic carbocycles. The molecule has 0 radical (unpaired) electrons. The van der Waals surface area contributed by atoms with Crippen LogP contribution in [0.2, 0.25) is 0 Å². The number of rotatable bonds is 1. The van der Waals surface area contributed by atoms with E-state index in [4.69, 9.17) is 0 Å². The average molecular weight is 190 g/mol. The summed E-state index contributed by atoms with van der Waals surface area (Å²) in [7, 11) is 0. The second-order valence-corrected chi connectivity index (χ2v) is 5.15. The maximum absolute atomic E-state index is 2.40. The minimum absolute atomic E-state index is 0.870. The summed E-state index contributed by atoms with van der Waals surface area (Å²) in [5.41, 5.74) is 1.74. The smallest absolute Gasteiger partial charge is 0.0169 e. The first-order chi connectivity index (χ1) is 6.79. The average Bonchev–Trinajstić information content (AvgIpc) is 2.47. The SMILES string of the molecule is CC(C)C1CC/C2=C/C=C\CCCC21. The van der Waals surface area contributed by atoms with Crippen molar-refractivity contribution in [3.63, 3.8) is 0 Å². The number of hydrogen-bond acceptors (Lipinski definition) is 0. The largest absolute Gasteiger partial charge is 0.0845 e. The summed E-state index contributed by atoms with van der Waals surface area (Å²) >= 11 is 0. The Hall–Kier alpha value is -0.520. The lowest BCUT2D eigenvalue weighted by molar-refractivity contribution is 0.299. The molecule has 2 atom stereocenters. The topological polar surface area (TPSA) is 0 Å². The van der Waals surface area contributed by atoms with Crippen molar-refractivity contribution in [2.24, 2.45) is 17.8 Å². The van der Waals surface area contributed by atoms with Crippen LogP contribution in [0.5, 0.6) is 0 Å². The van der Waals surface area contributed by atoms with Crippen molar-refractivity contribution in [1.82, 2.24) is 0 Å². The van der Waals surface area contributed by atoms with E-state index in [2.05, 4.69) is 32.1 Å². The van der Waals surface area contributed by atoms with E-state index >= 15 is 0 Å². The van der Waals surface area contributed by atoms with E-state index in [0.717, 1.165) is 17.8 Å². The second kappa shape index (κ2) is 4.33. The highest BCUT2D eigenvalue weighted by molar-refractivity contribution is 5.21. The van der Waals surface area contributed by atoms with E-state index in [1.807, 2.05) is 0 Å². The lowest BCUT2D eigenvalue weighted by atomic mass is 9.81. The first kappa shape index (κ1) is 10.0. The highest BCUT2D eigenvalue weighted by Crippen LogP contribution is 2.43. The van der Waals surface area contributed by atoms with E-state index < -0.39 is 0 Å². The van der Waals surface area contributed by atoms with Crippen molar-refractivity contribution in [3.05, 3.63) is 23.8 Å². The van der Waals surface area contributed by atoms with Gasteiger partial charge in [-0.05, 0) is 49.9 Å². The summed E-state index contributed by atoms with van der Waals surface area (Å²) in [5.74, 6) is 2.75. The van der Waals surface area contributed by atoms with E-state index in [0.29, 0.717) is 0 Å². The summed E-state index contributed by atoms with van der Waals surface area (Å²) in [5, 5.41) is 0. The Bertz CT molecular complexity index is 245. The number of fused-ring (bicyclic) bond motifs is 1. The minimum Gasteiger partial charge on any atom is -0.0845 e. The van der Waals surface area contributed by atoms with Crippen LogP contribution in [0.15, 0.2) is 23.8 Å². The predicted octanol–water partition coefficient (Wildman–Crippen LogP) is 4.34. The molecule has 0 nitrogen and oxygen atoms in total. The van der Waals surface area contributed by atoms with Crippen molar-refractivity contribution in [3.8, 4) is 0 Å². The molecule has 0 bridgehead atoms. The van der Waals surface area contributed by atoms with Crippen molar-refractivity contribution >= 4 is 0 Å². The third kappa shape index (κ3) is 1.94. The molecule has 2 rings (SSSR count). The fourth-order valence-electron chi connectivity index (χ4n) is 3.14. The molecule has 0 heterocycles. The molecule has 0 saturated heterocycles. The van der Waals surface area contributed by atoms with Crippen molar-refractivity contribution in [2.75, 3.05) is 0 Å². The van der Waals surface area contributed by atoms with Crippen LogP contribution in [0.3, 0.4) is 0 Å². The molecule has 2 aliphatic carbocycles. The summed E-state index contributed by atoms with van der Waals surface area (Å²) < 4.78 is 0. The third-order valence-electron chi connectivity index (χ3n) is 3.95. The van der Waals surface area contributed by atoms with E-state index in [1.165, 1.54) is 32.1 Å². The maximum atomic E-state index is 2.40. The van der Waals surface area contributed by atoms with Crippen LogP contribution in [0.1, 0.15) is 46.0 Å². The Morgan fingerprint density at radius 2 is 2.14 bits per heavy atom. The molecule has 0 aromatic heterocycles. The minimum atomic E-state index is 0.870. The number of hydrogen-bond donors (Lipinski definition) is 0. The van der Waals surface area contributed by atoms with Gasteiger partial charge in [-0.2, -0.15) is 0 Å². The summed E-state index contributed by atoms with van der Waals surface area (Å²) in [6, 6.07) is 0. The first-order valence-corrected chi connectivity index (χ1v) is 6.14. The van der Waals surface area contributed by atoms with Crippen molar-refractivity contribution in [1.29, 1.82) is 0 Å². The van der Waals surface area contributed by atoms with Gasteiger partial charge in [-0.1, -0.05) is 37.6 Å². The standard InChI is InChI=1S/C14H22/c1-11(2)13-10-9-12-7-5-3-4-6-8-14(12)13/h3,5,7,11,13-14H,4,6,8-10H2,1-2H3/b5-3-,12-7-. The van der Waals surface area contributed by atoms with Crippen LogP contribution in [-0.2, 0) is 0 Å².